The van der Waals surface area contributed by atoms with Crippen LogP contribution in [-0.2, 0) is 0 Å². The molecule has 3 heterocycles. The zero-order chi connectivity index (χ0) is 20.7. The third-order valence-electron chi connectivity index (χ3n) is 5.78. The summed E-state index contributed by atoms with van der Waals surface area (Å²) in [4.78, 5) is 22.3. The fourth-order valence-corrected chi connectivity index (χ4v) is 4.06. The number of carbonyl (C=O) groups excluding carboxylic acids is 1. The van der Waals surface area contributed by atoms with E-state index in [4.69, 9.17) is 4.42 Å². The van der Waals surface area contributed by atoms with Gasteiger partial charge in [-0.3, -0.25) is 9.78 Å². The standard InChI is InChI=1S/C24H24N4O2/c1-16-18-15-22(30-23(18)17-7-3-4-8-19(17)25-16)24(29)26-20-9-5-6-10-21(20)28-13-11-27(2)12-14-28/h3-10,15H,11-14H2,1-2H3,(H,26,29). The number of nitrogens with one attached hydrogen (secondary N) is 1. The van der Waals surface area contributed by atoms with Gasteiger partial charge >= 0.3 is 0 Å². The van der Waals surface area contributed by atoms with E-state index in [0.29, 0.717) is 11.3 Å². The minimum Gasteiger partial charge on any atom is -0.450 e. The minimum atomic E-state index is -0.253. The molecule has 0 saturated carbocycles. The number of benzene rings is 2. The van der Waals surface area contributed by atoms with Gasteiger partial charge in [0.05, 0.1) is 16.9 Å². The molecule has 0 unspecified atom stereocenters. The summed E-state index contributed by atoms with van der Waals surface area (Å²) >= 11 is 0. The number of pyridine rings is 1. The first kappa shape index (κ1) is 18.6. The van der Waals surface area contributed by atoms with Crippen molar-refractivity contribution in [1.82, 2.24) is 9.88 Å². The maximum Gasteiger partial charge on any atom is 0.291 e. The number of para-hydroxylation sites is 3. The molecule has 0 aliphatic carbocycles. The Balaban J connectivity index is 1.47. The Morgan fingerprint density at radius 2 is 1.73 bits per heavy atom. The van der Waals surface area contributed by atoms with Crippen LogP contribution in [0.15, 0.2) is 59.0 Å². The lowest BCUT2D eigenvalue weighted by Gasteiger charge is -2.35. The lowest BCUT2D eigenvalue weighted by molar-refractivity contribution is 0.0999. The monoisotopic (exact) mass is 400 g/mol. The molecule has 152 valence electrons. The molecule has 5 rings (SSSR count). The molecule has 6 nitrogen and oxygen atoms in total. The molecule has 1 amide bonds. The maximum atomic E-state index is 13.1. The molecule has 4 aromatic rings. The highest BCUT2D eigenvalue weighted by Crippen LogP contribution is 2.31. The molecule has 1 aliphatic heterocycles. The number of furan rings is 1. The average Bonchev–Trinajstić information content (AvgIpc) is 3.22. The number of likely N-dealkylation sites (N-methyl/N-ethyl adjacent to an activating group) is 1. The van der Waals surface area contributed by atoms with Gasteiger partial charge in [-0.2, -0.15) is 0 Å². The zero-order valence-corrected chi connectivity index (χ0v) is 17.2. The molecule has 1 aliphatic rings. The van der Waals surface area contributed by atoms with E-state index in [-0.39, 0.29) is 5.91 Å². The Morgan fingerprint density at radius 3 is 2.57 bits per heavy atom. The molecule has 6 heteroatoms. The summed E-state index contributed by atoms with van der Waals surface area (Å²) in [5, 5.41) is 4.83. The van der Waals surface area contributed by atoms with E-state index in [0.717, 1.165) is 59.5 Å². The topological polar surface area (TPSA) is 61.6 Å². The average molecular weight is 400 g/mol. The summed E-state index contributed by atoms with van der Waals surface area (Å²) in [7, 11) is 2.13. The first-order chi connectivity index (χ1) is 14.6. The van der Waals surface area contributed by atoms with E-state index in [1.54, 1.807) is 6.07 Å². The molecule has 1 N–H and O–H groups in total. The first-order valence-corrected chi connectivity index (χ1v) is 10.2. The van der Waals surface area contributed by atoms with E-state index in [1.165, 1.54) is 0 Å². The molecule has 30 heavy (non-hydrogen) atoms. The van der Waals surface area contributed by atoms with Gasteiger partial charge in [0.1, 0.15) is 5.58 Å². The number of piperazine rings is 1. The second kappa shape index (κ2) is 7.46. The molecular weight excluding hydrogens is 376 g/mol. The Bertz CT molecular complexity index is 1240. The predicted octanol–water partition coefficient (Wildman–Crippen LogP) is 4.29. The Kier molecular flexibility index (Phi) is 4.64. The number of aromatic nitrogens is 1. The fraction of sp³-hybridized carbons (Fsp3) is 0.250. The van der Waals surface area contributed by atoms with Crippen molar-refractivity contribution < 1.29 is 9.21 Å². The maximum absolute atomic E-state index is 13.1. The van der Waals surface area contributed by atoms with Crippen molar-refractivity contribution >= 4 is 39.2 Å². The molecule has 2 aromatic heterocycles. The fourth-order valence-electron chi connectivity index (χ4n) is 4.06. The van der Waals surface area contributed by atoms with Crippen LogP contribution >= 0.6 is 0 Å². The highest BCUT2D eigenvalue weighted by molar-refractivity contribution is 6.10. The normalized spacial score (nSPS) is 15.1. The number of rotatable bonds is 3. The molecule has 0 radical (unpaired) electrons. The Hall–Kier alpha value is -3.38. The van der Waals surface area contributed by atoms with E-state index >= 15 is 0 Å². The number of carbonyl (C=O) groups is 1. The minimum absolute atomic E-state index is 0.253. The molecule has 0 atom stereocenters. The SMILES string of the molecule is Cc1nc2ccccc2c2oc(C(=O)Nc3ccccc3N3CCN(C)CC3)cc12. The summed E-state index contributed by atoms with van der Waals surface area (Å²) in [6.07, 6.45) is 0. The summed E-state index contributed by atoms with van der Waals surface area (Å²) in [6, 6.07) is 17.6. The zero-order valence-electron chi connectivity index (χ0n) is 17.2. The molecule has 1 fully saturated rings. The number of hydrogen-bond donors (Lipinski definition) is 1. The number of aryl methyl sites for hydroxylation is 1. The van der Waals surface area contributed by atoms with Gasteiger partial charge in [0.25, 0.3) is 5.91 Å². The van der Waals surface area contributed by atoms with Crippen molar-refractivity contribution in [2.24, 2.45) is 0 Å². The van der Waals surface area contributed by atoms with Gasteiger partial charge in [-0.1, -0.05) is 24.3 Å². The summed E-state index contributed by atoms with van der Waals surface area (Å²) in [6.45, 7) is 5.82. The van der Waals surface area contributed by atoms with E-state index in [9.17, 15) is 4.79 Å². The molecule has 2 aromatic carbocycles. The van der Waals surface area contributed by atoms with Crippen molar-refractivity contribution in [2.45, 2.75) is 6.92 Å². The quantitative estimate of drug-likeness (QED) is 0.556. The smallest absolute Gasteiger partial charge is 0.291 e. The number of anilines is 2. The number of nitrogens with zero attached hydrogens (tertiary/aromatic N) is 3. The first-order valence-electron chi connectivity index (χ1n) is 10.2. The third kappa shape index (κ3) is 3.29. The molecule has 0 bridgehead atoms. The van der Waals surface area contributed by atoms with E-state index < -0.39 is 0 Å². The summed E-state index contributed by atoms with van der Waals surface area (Å²) < 4.78 is 6.02. The number of hydrogen-bond acceptors (Lipinski definition) is 5. The van der Waals surface area contributed by atoms with Gasteiger partial charge < -0.3 is 19.5 Å². The lowest BCUT2D eigenvalue weighted by atomic mass is 10.1. The summed E-state index contributed by atoms with van der Waals surface area (Å²) in [5.74, 6) is 0.0377. The van der Waals surface area contributed by atoms with Crippen molar-refractivity contribution in [3.63, 3.8) is 0 Å². The van der Waals surface area contributed by atoms with Gasteiger partial charge in [0.2, 0.25) is 0 Å². The predicted molar refractivity (Wildman–Crippen MR) is 120 cm³/mol. The number of amides is 1. The largest absolute Gasteiger partial charge is 0.450 e. The van der Waals surface area contributed by atoms with Crippen molar-refractivity contribution in [3.05, 3.63) is 66.1 Å². The van der Waals surface area contributed by atoms with Crippen LogP contribution in [0.5, 0.6) is 0 Å². The van der Waals surface area contributed by atoms with Crippen LogP contribution in [0.4, 0.5) is 11.4 Å². The molecule has 1 saturated heterocycles. The van der Waals surface area contributed by atoms with Crippen LogP contribution in [-0.4, -0.2) is 49.0 Å². The summed E-state index contributed by atoms with van der Waals surface area (Å²) in [5.41, 5.74) is 4.26. The van der Waals surface area contributed by atoms with Crippen LogP contribution in [0.1, 0.15) is 16.2 Å². The Labute approximate surface area is 175 Å². The van der Waals surface area contributed by atoms with Crippen LogP contribution in [0.2, 0.25) is 0 Å². The molecular formula is C24H24N4O2. The van der Waals surface area contributed by atoms with E-state index in [2.05, 4.69) is 33.2 Å². The van der Waals surface area contributed by atoms with Crippen molar-refractivity contribution in [1.29, 1.82) is 0 Å². The second-order valence-electron chi connectivity index (χ2n) is 7.83. The van der Waals surface area contributed by atoms with Crippen LogP contribution in [0.3, 0.4) is 0 Å². The van der Waals surface area contributed by atoms with Gasteiger partial charge in [-0.05, 0) is 44.3 Å². The lowest BCUT2D eigenvalue weighted by Crippen LogP contribution is -2.44. The highest BCUT2D eigenvalue weighted by atomic mass is 16.3. The van der Waals surface area contributed by atoms with Gasteiger partial charge in [0.15, 0.2) is 5.76 Å². The highest BCUT2D eigenvalue weighted by Gasteiger charge is 2.20. The van der Waals surface area contributed by atoms with Gasteiger partial charge in [0, 0.05) is 42.6 Å². The third-order valence-corrected chi connectivity index (χ3v) is 5.78. The van der Waals surface area contributed by atoms with Gasteiger partial charge in [-0.15, -0.1) is 0 Å². The van der Waals surface area contributed by atoms with Gasteiger partial charge in [-0.25, -0.2) is 0 Å². The number of fused-ring (bicyclic) bond motifs is 3. The van der Waals surface area contributed by atoms with Crippen molar-refractivity contribution in [3.8, 4) is 0 Å². The van der Waals surface area contributed by atoms with Crippen LogP contribution < -0.4 is 10.2 Å². The van der Waals surface area contributed by atoms with Crippen LogP contribution in [0, 0.1) is 6.92 Å². The van der Waals surface area contributed by atoms with Crippen LogP contribution in [0.25, 0.3) is 21.9 Å². The Morgan fingerprint density at radius 1 is 1.00 bits per heavy atom. The van der Waals surface area contributed by atoms with E-state index in [1.807, 2.05) is 49.4 Å². The second-order valence-corrected chi connectivity index (χ2v) is 7.83. The molecule has 0 spiro atoms. The van der Waals surface area contributed by atoms with Crippen molar-refractivity contribution in [2.75, 3.05) is 43.4 Å².